The lowest BCUT2D eigenvalue weighted by Gasteiger charge is -2.37. The largest absolute Gasteiger partial charge is 0.311 e. The van der Waals surface area contributed by atoms with Gasteiger partial charge in [-0.2, -0.15) is 0 Å². The predicted molar refractivity (Wildman–Crippen MR) is 58.3 cm³/mol. The van der Waals surface area contributed by atoms with Gasteiger partial charge < -0.3 is 10.2 Å². The second-order valence-electron chi connectivity index (χ2n) is 5.48. The highest BCUT2D eigenvalue weighted by Crippen LogP contribution is 2.37. The normalized spacial score (nSPS) is 48.6. The Morgan fingerprint density at radius 1 is 1.07 bits per heavy atom. The number of piperidine rings is 1. The molecule has 3 aliphatic heterocycles. The maximum atomic E-state index is 3.81. The van der Waals surface area contributed by atoms with Crippen LogP contribution in [0.1, 0.15) is 38.5 Å². The van der Waals surface area contributed by atoms with Gasteiger partial charge in [0.15, 0.2) is 0 Å². The molecule has 3 fully saturated rings. The summed E-state index contributed by atoms with van der Waals surface area (Å²) >= 11 is 0. The molecule has 80 valence electrons. The summed E-state index contributed by atoms with van der Waals surface area (Å²) in [4.78, 5) is 2.60. The van der Waals surface area contributed by atoms with Crippen molar-refractivity contribution in [3.63, 3.8) is 0 Å². The summed E-state index contributed by atoms with van der Waals surface area (Å²) in [6.45, 7) is 1.33. The van der Waals surface area contributed by atoms with E-state index in [9.17, 15) is 0 Å². The van der Waals surface area contributed by atoms with Crippen LogP contribution in [-0.2, 0) is 0 Å². The zero-order valence-electron chi connectivity index (χ0n) is 9.21. The minimum atomic E-state index is 0.860. The molecule has 3 aliphatic rings. The Bertz CT molecular complexity index is 216. The van der Waals surface area contributed by atoms with Crippen LogP contribution in [0.4, 0.5) is 0 Å². The maximum Gasteiger partial charge on any atom is 0.0136 e. The molecule has 14 heavy (non-hydrogen) atoms. The Labute approximate surface area is 87.0 Å². The Kier molecular flexibility index (Phi) is 2.29. The van der Waals surface area contributed by atoms with E-state index in [1.165, 1.54) is 45.1 Å². The minimum Gasteiger partial charge on any atom is -0.311 e. The molecule has 0 aromatic rings. The first kappa shape index (κ1) is 9.17. The number of rotatable bonds is 1. The van der Waals surface area contributed by atoms with Crippen molar-refractivity contribution in [1.29, 1.82) is 0 Å². The van der Waals surface area contributed by atoms with E-state index in [1.54, 1.807) is 0 Å². The molecular formula is C12H22N2. The van der Waals surface area contributed by atoms with Crippen LogP contribution in [0.3, 0.4) is 0 Å². The number of nitrogens with one attached hydrogen (secondary N) is 1. The van der Waals surface area contributed by atoms with Gasteiger partial charge in [-0.15, -0.1) is 0 Å². The monoisotopic (exact) mass is 194 g/mol. The molecule has 0 radical (unpaired) electrons. The smallest absolute Gasteiger partial charge is 0.0136 e. The van der Waals surface area contributed by atoms with E-state index in [4.69, 9.17) is 0 Å². The maximum absolute atomic E-state index is 3.81. The highest BCUT2D eigenvalue weighted by molar-refractivity contribution is 4.99. The highest BCUT2D eigenvalue weighted by Gasteiger charge is 2.41. The van der Waals surface area contributed by atoms with Crippen LogP contribution in [-0.4, -0.2) is 36.6 Å². The van der Waals surface area contributed by atoms with Crippen LogP contribution in [0.15, 0.2) is 0 Å². The van der Waals surface area contributed by atoms with Crippen molar-refractivity contribution in [2.24, 2.45) is 5.92 Å². The number of hydrogen-bond donors (Lipinski definition) is 1. The second kappa shape index (κ2) is 3.49. The van der Waals surface area contributed by atoms with Crippen LogP contribution in [0.5, 0.6) is 0 Å². The molecule has 2 nitrogen and oxygen atoms in total. The van der Waals surface area contributed by atoms with Crippen molar-refractivity contribution in [3.8, 4) is 0 Å². The fourth-order valence-corrected chi connectivity index (χ4v) is 3.95. The van der Waals surface area contributed by atoms with E-state index in [0.29, 0.717) is 0 Å². The van der Waals surface area contributed by atoms with Crippen LogP contribution < -0.4 is 5.32 Å². The number of hydrogen-bond acceptors (Lipinski definition) is 2. The molecule has 2 bridgehead atoms. The number of fused-ring (bicyclic) bond motifs is 2. The van der Waals surface area contributed by atoms with E-state index in [-0.39, 0.29) is 0 Å². The molecule has 0 aromatic carbocycles. The molecule has 4 unspecified atom stereocenters. The predicted octanol–water partition coefficient (Wildman–Crippen LogP) is 1.61. The average Bonchev–Trinajstić information content (AvgIpc) is 2.76. The Hall–Kier alpha value is -0.0800. The van der Waals surface area contributed by atoms with Crippen LogP contribution in [0, 0.1) is 5.92 Å². The summed E-state index contributed by atoms with van der Waals surface area (Å²) in [5.41, 5.74) is 0. The number of likely N-dealkylation sites (tertiary alicyclic amines) is 1. The van der Waals surface area contributed by atoms with Gasteiger partial charge in [0.1, 0.15) is 0 Å². The fourth-order valence-electron chi connectivity index (χ4n) is 3.95. The summed E-state index contributed by atoms with van der Waals surface area (Å²) in [6, 6.07) is 2.63. The SMILES string of the molecule is CN1CCCC1C1CCC2CCC1N2. The summed E-state index contributed by atoms with van der Waals surface area (Å²) in [5.74, 6) is 0.959. The van der Waals surface area contributed by atoms with Gasteiger partial charge in [0.2, 0.25) is 0 Å². The molecule has 3 saturated heterocycles. The average molecular weight is 194 g/mol. The van der Waals surface area contributed by atoms with Crippen molar-refractivity contribution in [1.82, 2.24) is 10.2 Å². The molecule has 2 heteroatoms. The molecule has 4 atom stereocenters. The van der Waals surface area contributed by atoms with Crippen LogP contribution in [0.2, 0.25) is 0 Å². The minimum absolute atomic E-state index is 0.860. The first-order valence-corrected chi connectivity index (χ1v) is 6.31. The molecule has 3 heterocycles. The van der Waals surface area contributed by atoms with Crippen molar-refractivity contribution in [3.05, 3.63) is 0 Å². The van der Waals surface area contributed by atoms with Crippen molar-refractivity contribution < 1.29 is 0 Å². The third kappa shape index (κ3) is 1.40. The molecule has 0 spiro atoms. The lowest BCUT2D eigenvalue weighted by atomic mass is 9.84. The van der Waals surface area contributed by atoms with Crippen molar-refractivity contribution in [2.45, 2.75) is 56.7 Å². The molecular weight excluding hydrogens is 172 g/mol. The molecule has 3 rings (SSSR count). The highest BCUT2D eigenvalue weighted by atomic mass is 15.2. The first-order chi connectivity index (χ1) is 6.84. The molecule has 0 saturated carbocycles. The molecule has 1 N–H and O–H groups in total. The van der Waals surface area contributed by atoms with Crippen LogP contribution >= 0.6 is 0 Å². The Morgan fingerprint density at radius 2 is 1.93 bits per heavy atom. The lowest BCUT2D eigenvalue weighted by molar-refractivity contribution is 0.158. The Morgan fingerprint density at radius 3 is 2.71 bits per heavy atom. The van der Waals surface area contributed by atoms with E-state index in [1.807, 2.05) is 0 Å². The Balaban J connectivity index is 1.71. The van der Waals surface area contributed by atoms with Gasteiger partial charge in [-0.05, 0) is 58.0 Å². The second-order valence-corrected chi connectivity index (χ2v) is 5.48. The summed E-state index contributed by atoms with van der Waals surface area (Å²) < 4.78 is 0. The van der Waals surface area contributed by atoms with E-state index in [2.05, 4.69) is 17.3 Å². The van der Waals surface area contributed by atoms with Gasteiger partial charge in [0, 0.05) is 18.1 Å². The molecule has 0 amide bonds. The lowest BCUT2D eigenvalue weighted by Crippen LogP contribution is -2.48. The van der Waals surface area contributed by atoms with Gasteiger partial charge in [-0.25, -0.2) is 0 Å². The van der Waals surface area contributed by atoms with Crippen molar-refractivity contribution >= 4 is 0 Å². The quantitative estimate of drug-likeness (QED) is 0.682. The molecule has 0 aromatic heterocycles. The van der Waals surface area contributed by atoms with Gasteiger partial charge in [-0.3, -0.25) is 0 Å². The van der Waals surface area contributed by atoms with Crippen LogP contribution in [0.25, 0.3) is 0 Å². The van der Waals surface area contributed by atoms with E-state index >= 15 is 0 Å². The third-order valence-electron chi connectivity index (χ3n) is 4.71. The van der Waals surface area contributed by atoms with Gasteiger partial charge in [0.25, 0.3) is 0 Å². The van der Waals surface area contributed by atoms with Gasteiger partial charge >= 0.3 is 0 Å². The fraction of sp³-hybridized carbons (Fsp3) is 1.00. The first-order valence-electron chi connectivity index (χ1n) is 6.31. The standard InChI is InChI=1S/C12H22N2/c1-14-8-2-3-12(14)10-6-4-9-5-7-11(10)13-9/h9-13H,2-8H2,1H3. The molecule has 0 aliphatic carbocycles. The third-order valence-corrected chi connectivity index (χ3v) is 4.71. The zero-order chi connectivity index (χ0) is 9.54. The summed E-state index contributed by atoms with van der Waals surface area (Å²) in [6.07, 6.45) is 8.68. The zero-order valence-corrected chi connectivity index (χ0v) is 9.21. The van der Waals surface area contributed by atoms with E-state index in [0.717, 1.165) is 24.0 Å². The van der Waals surface area contributed by atoms with Gasteiger partial charge in [0.05, 0.1) is 0 Å². The summed E-state index contributed by atoms with van der Waals surface area (Å²) in [5, 5.41) is 3.81. The summed E-state index contributed by atoms with van der Waals surface area (Å²) in [7, 11) is 2.32. The van der Waals surface area contributed by atoms with Crippen molar-refractivity contribution in [2.75, 3.05) is 13.6 Å². The topological polar surface area (TPSA) is 15.3 Å². The van der Waals surface area contributed by atoms with E-state index < -0.39 is 0 Å². The number of nitrogens with zero attached hydrogens (tertiary/aromatic N) is 1. The van der Waals surface area contributed by atoms with Gasteiger partial charge in [-0.1, -0.05) is 0 Å².